The van der Waals surface area contributed by atoms with Crippen LogP contribution in [0.4, 0.5) is 0 Å². The maximum atomic E-state index is 13.8. The molecule has 20 nitrogen and oxygen atoms in total. The van der Waals surface area contributed by atoms with Crippen molar-refractivity contribution in [3.05, 3.63) is 95.1 Å². The van der Waals surface area contributed by atoms with Gasteiger partial charge in [0.25, 0.3) is 11.8 Å². The van der Waals surface area contributed by atoms with Gasteiger partial charge in [0.05, 0.1) is 12.1 Å². The van der Waals surface area contributed by atoms with Crippen molar-refractivity contribution in [1.29, 1.82) is 0 Å². The van der Waals surface area contributed by atoms with Gasteiger partial charge < -0.3 is 63.0 Å². The standard InChI is InChI=1S/C37H59N9O7.C9H11NO2.C8H10O.C2H6/c1-20(39-9)30(48)43-27(36(3,4)5)34(52)45-15-14-24(18-45)41-32(50)22-12-11-13-23(16-22)33(51)42-25-17-26(29(38)47)46(19-25)35(53)28(37(6,7)8)44-31(49)21(2)40-10;11-7-10-6-5-8-1-3-9(12)4-2-8;1-2-7-3-5-8(9)6-4-7;1-2/h11-13,16,20-21,24-28,39-40H,14-15,17-19H2,1-10H3,(H2,38,47)(H,41,50)(H,42,51)(H,43,48)(H,44,49);1-4,7,12H,5-6H2,(H,10,11);3-6,9H,2H2,1H3;1-2H3/t20-,21?,24-,25?,26?,27?,28+;;;/m0.../s1. The molecule has 20 heteroatoms. The number of nitrogens with one attached hydrogen (secondary N) is 7. The number of phenols is 2. The van der Waals surface area contributed by atoms with E-state index in [1.54, 1.807) is 96.1 Å². The summed E-state index contributed by atoms with van der Waals surface area (Å²) < 4.78 is 0. The minimum atomic E-state index is -1.00. The second kappa shape index (κ2) is 31.1. The highest BCUT2D eigenvalue weighted by Gasteiger charge is 2.45. The Morgan fingerprint density at radius 1 is 0.697 bits per heavy atom. The highest BCUT2D eigenvalue weighted by atomic mass is 16.3. The van der Waals surface area contributed by atoms with Gasteiger partial charge >= 0.3 is 0 Å². The van der Waals surface area contributed by atoms with Gasteiger partial charge in [0.2, 0.25) is 35.9 Å². The first-order valence-electron chi connectivity index (χ1n) is 26.0. The molecule has 0 aliphatic carbocycles. The summed E-state index contributed by atoms with van der Waals surface area (Å²) in [4.78, 5) is 105. The van der Waals surface area contributed by atoms with E-state index in [0.717, 1.165) is 18.4 Å². The average Bonchev–Trinajstić information content (AvgIpc) is 4.05. The number of carbonyl (C=O) groups excluding carboxylic acids is 8. The van der Waals surface area contributed by atoms with E-state index in [1.165, 1.54) is 16.5 Å². The number of likely N-dealkylation sites (tertiary alicyclic amines) is 2. The number of phenolic OH excluding ortho intramolecular Hbond substituents is 2. The van der Waals surface area contributed by atoms with Gasteiger partial charge in [0.1, 0.15) is 29.6 Å². The average molecular weight is 1060 g/mol. The zero-order valence-electron chi connectivity index (χ0n) is 46.8. The molecule has 0 aromatic heterocycles. The largest absolute Gasteiger partial charge is 0.508 e. The van der Waals surface area contributed by atoms with Crippen LogP contribution in [0.2, 0.25) is 0 Å². The summed E-state index contributed by atoms with van der Waals surface area (Å²) in [6, 6.07) is 15.6. The molecule has 2 heterocycles. The molecule has 11 N–H and O–H groups in total. The summed E-state index contributed by atoms with van der Waals surface area (Å²) in [7, 11) is 3.30. The Hall–Kier alpha value is -7.06. The van der Waals surface area contributed by atoms with Crippen LogP contribution in [0.15, 0.2) is 72.8 Å². The zero-order chi connectivity index (χ0) is 57.5. The van der Waals surface area contributed by atoms with Gasteiger partial charge in [-0.05, 0) is 118 Å². The SMILES string of the molecule is CC.CCc1ccc(O)cc1.CNC(C)C(=O)N[C@H](C(=O)N1CC(NC(=O)c2cccc(C(=O)N[C@H]3CCN(C(=O)C(NC(=O)[C@H](C)NC)C(C)(C)C)C3)c2)CC1C(N)=O)C(C)(C)C.O=CNCCc1ccc(O)cc1. The molecule has 2 aliphatic rings. The van der Waals surface area contributed by atoms with E-state index in [4.69, 9.17) is 15.9 Å². The summed E-state index contributed by atoms with van der Waals surface area (Å²) in [5.74, 6) is -2.42. The fourth-order valence-electron chi connectivity index (χ4n) is 7.98. The van der Waals surface area contributed by atoms with Crippen LogP contribution in [0.5, 0.6) is 11.5 Å². The van der Waals surface area contributed by atoms with Crippen LogP contribution >= 0.6 is 0 Å². The number of nitrogens with zero attached hydrogens (tertiary/aromatic N) is 2. The van der Waals surface area contributed by atoms with E-state index in [2.05, 4.69) is 44.1 Å². The van der Waals surface area contributed by atoms with Crippen LogP contribution in [0, 0.1) is 10.8 Å². The number of nitrogens with two attached hydrogens (primary N) is 1. The van der Waals surface area contributed by atoms with E-state index in [-0.39, 0.29) is 60.2 Å². The third kappa shape index (κ3) is 20.6. The second-order valence-electron chi connectivity index (χ2n) is 20.8. The first-order chi connectivity index (χ1) is 35.7. The number of carbonyl (C=O) groups is 8. The Balaban J connectivity index is 0.000000700. The highest BCUT2D eigenvalue weighted by Crippen LogP contribution is 2.27. The van der Waals surface area contributed by atoms with Crippen molar-refractivity contribution < 1.29 is 48.6 Å². The van der Waals surface area contributed by atoms with Gasteiger partial charge in [-0.15, -0.1) is 0 Å². The molecule has 0 radical (unpaired) electrons. The molecule has 0 bridgehead atoms. The Labute approximate surface area is 449 Å². The van der Waals surface area contributed by atoms with Gasteiger partial charge in [0, 0.05) is 49.4 Å². The van der Waals surface area contributed by atoms with Crippen molar-refractivity contribution in [2.24, 2.45) is 16.6 Å². The lowest BCUT2D eigenvalue weighted by atomic mass is 9.85. The maximum absolute atomic E-state index is 13.8. The molecule has 3 aromatic rings. The molecular formula is C56H86N10O10. The van der Waals surface area contributed by atoms with E-state index in [1.807, 2.05) is 58.9 Å². The van der Waals surface area contributed by atoms with Crippen LogP contribution in [0.1, 0.15) is 121 Å². The second-order valence-corrected chi connectivity index (χ2v) is 20.8. The van der Waals surface area contributed by atoms with Crippen molar-refractivity contribution in [3.8, 4) is 11.5 Å². The summed E-state index contributed by atoms with van der Waals surface area (Å²) >= 11 is 0. The molecule has 8 amide bonds. The molecule has 2 saturated heterocycles. The van der Waals surface area contributed by atoms with Crippen molar-refractivity contribution >= 4 is 47.8 Å². The third-order valence-electron chi connectivity index (χ3n) is 12.8. The van der Waals surface area contributed by atoms with Gasteiger partial charge in [-0.25, -0.2) is 0 Å². The number of benzene rings is 3. The first kappa shape index (κ1) is 65.1. The molecule has 2 fully saturated rings. The quantitative estimate of drug-likeness (QED) is 0.0650. The molecule has 2 aliphatic heterocycles. The molecule has 5 rings (SSSR count). The Bertz CT molecular complexity index is 2370. The summed E-state index contributed by atoms with van der Waals surface area (Å²) in [5, 5.41) is 37.6. The molecule has 420 valence electrons. The molecule has 0 spiro atoms. The lowest BCUT2D eigenvalue weighted by Gasteiger charge is -2.35. The predicted molar refractivity (Wildman–Crippen MR) is 294 cm³/mol. The fourth-order valence-corrected chi connectivity index (χ4v) is 7.98. The predicted octanol–water partition coefficient (Wildman–Crippen LogP) is 3.14. The molecule has 3 aromatic carbocycles. The van der Waals surface area contributed by atoms with Crippen LogP contribution < -0.4 is 43.0 Å². The number of hydrogen-bond acceptors (Lipinski definition) is 12. The number of aromatic hydroxyl groups is 2. The molecule has 7 atom stereocenters. The van der Waals surface area contributed by atoms with Gasteiger partial charge in [0.15, 0.2) is 0 Å². The lowest BCUT2D eigenvalue weighted by molar-refractivity contribution is -0.143. The first-order valence-corrected chi connectivity index (χ1v) is 26.0. The zero-order valence-corrected chi connectivity index (χ0v) is 46.8. The van der Waals surface area contributed by atoms with Crippen LogP contribution in [0.3, 0.4) is 0 Å². The number of rotatable bonds is 18. The van der Waals surface area contributed by atoms with Crippen LogP contribution in [-0.2, 0) is 41.6 Å². The summed E-state index contributed by atoms with van der Waals surface area (Å²) in [6.07, 6.45) is 3.09. The fraction of sp³-hybridized carbons (Fsp3) is 0.536. The number of hydrogen-bond donors (Lipinski definition) is 10. The molecule has 76 heavy (non-hydrogen) atoms. The van der Waals surface area contributed by atoms with E-state index in [0.29, 0.717) is 31.7 Å². The number of aryl methyl sites for hydroxylation is 1. The maximum Gasteiger partial charge on any atom is 0.251 e. The third-order valence-corrected chi connectivity index (χ3v) is 12.8. The normalized spacial score (nSPS) is 17.5. The molecule has 4 unspecified atom stereocenters. The van der Waals surface area contributed by atoms with Gasteiger partial charge in [-0.2, -0.15) is 0 Å². The summed E-state index contributed by atoms with van der Waals surface area (Å²) in [6.45, 7) is 21.8. The van der Waals surface area contributed by atoms with E-state index < -0.39 is 70.7 Å². The van der Waals surface area contributed by atoms with E-state index >= 15 is 0 Å². The molecule has 0 saturated carbocycles. The van der Waals surface area contributed by atoms with Crippen molar-refractivity contribution in [2.45, 2.75) is 144 Å². The Morgan fingerprint density at radius 3 is 1.59 bits per heavy atom. The molecular weight excluding hydrogens is 973 g/mol. The minimum absolute atomic E-state index is 0.00639. The number of amides is 8. The van der Waals surface area contributed by atoms with E-state index in [9.17, 15) is 38.4 Å². The Morgan fingerprint density at radius 2 is 1.16 bits per heavy atom. The minimum Gasteiger partial charge on any atom is -0.508 e. The van der Waals surface area contributed by atoms with Gasteiger partial charge in [-0.1, -0.05) is 92.6 Å². The van der Waals surface area contributed by atoms with Crippen LogP contribution in [0.25, 0.3) is 0 Å². The number of primary amides is 1. The number of likely N-dealkylation sites (N-methyl/N-ethyl adjacent to an activating group) is 2. The topological polar surface area (TPSA) is 294 Å². The Kier molecular flexibility index (Phi) is 26.6. The van der Waals surface area contributed by atoms with Crippen molar-refractivity contribution in [2.75, 3.05) is 40.3 Å². The lowest BCUT2D eigenvalue weighted by Crippen LogP contribution is -2.59. The van der Waals surface area contributed by atoms with Crippen molar-refractivity contribution in [1.82, 2.24) is 47.0 Å². The highest BCUT2D eigenvalue weighted by molar-refractivity contribution is 6.00. The monoisotopic (exact) mass is 1060 g/mol. The van der Waals surface area contributed by atoms with Gasteiger partial charge in [-0.3, -0.25) is 38.4 Å². The summed E-state index contributed by atoms with van der Waals surface area (Å²) in [5.41, 5.74) is 7.24. The van der Waals surface area contributed by atoms with Crippen LogP contribution in [-0.4, -0.2) is 150 Å². The smallest absolute Gasteiger partial charge is 0.251 e. The van der Waals surface area contributed by atoms with Crippen molar-refractivity contribution in [3.63, 3.8) is 0 Å².